The van der Waals surface area contributed by atoms with Gasteiger partial charge in [0.1, 0.15) is 0 Å². The van der Waals surface area contributed by atoms with Crippen LogP contribution in [0.3, 0.4) is 0 Å². The van der Waals surface area contributed by atoms with Gasteiger partial charge in [0.25, 0.3) is 5.91 Å². The van der Waals surface area contributed by atoms with Crippen LogP contribution in [-0.2, 0) is 10.5 Å². The topological polar surface area (TPSA) is 20.3 Å². The van der Waals surface area contributed by atoms with Crippen molar-refractivity contribution >= 4 is 17.9 Å². The van der Waals surface area contributed by atoms with E-state index in [0.717, 1.165) is 12.3 Å². The van der Waals surface area contributed by atoms with Gasteiger partial charge in [-0.25, -0.2) is 0 Å². The Labute approximate surface area is 87.7 Å². The third kappa shape index (κ3) is 2.17. The summed E-state index contributed by atoms with van der Waals surface area (Å²) < 4.78 is 1.77. The van der Waals surface area contributed by atoms with Crippen LogP contribution in [0.4, 0.5) is 0 Å². The van der Waals surface area contributed by atoms with E-state index < -0.39 is 0 Å². The Balaban J connectivity index is 1.86. The Morgan fingerprint density at radius 2 is 2.07 bits per heavy atom. The fraction of sp³-hybridized carbons (Fsp3) is 0.182. The van der Waals surface area contributed by atoms with Crippen LogP contribution in [-0.4, -0.2) is 16.8 Å². The van der Waals surface area contributed by atoms with E-state index in [1.54, 1.807) is 22.3 Å². The summed E-state index contributed by atoms with van der Waals surface area (Å²) in [6.45, 7) is 0.732. The van der Waals surface area contributed by atoms with Crippen molar-refractivity contribution in [1.29, 1.82) is 0 Å². The molecule has 1 aliphatic heterocycles. The van der Waals surface area contributed by atoms with E-state index >= 15 is 0 Å². The monoisotopic (exact) mass is 205 g/mol. The van der Waals surface area contributed by atoms with Crippen molar-refractivity contribution in [3.63, 3.8) is 0 Å². The van der Waals surface area contributed by atoms with E-state index in [2.05, 4.69) is 12.1 Å². The smallest absolute Gasteiger partial charge is 0.256 e. The molecule has 1 heterocycles. The fourth-order valence-electron chi connectivity index (χ4n) is 1.27. The molecule has 0 atom stereocenters. The van der Waals surface area contributed by atoms with Gasteiger partial charge in [-0.15, -0.1) is 0 Å². The molecular weight excluding hydrogens is 194 g/mol. The van der Waals surface area contributed by atoms with Gasteiger partial charge in [0.2, 0.25) is 0 Å². The molecule has 2 rings (SSSR count). The molecule has 1 amide bonds. The standard InChI is InChI=1S/C11H11NOS/c13-11-7-4-8-12(11)14-9-10-5-2-1-3-6-10/h1-7H,8-9H2. The molecule has 0 radical (unpaired) electrons. The van der Waals surface area contributed by atoms with Crippen LogP contribution in [0, 0.1) is 0 Å². The van der Waals surface area contributed by atoms with Gasteiger partial charge in [0.15, 0.2) is 0 Å². The Morgan fingerprint density at radius 1 is 1.29 bits per heavy atom. The third-order valence-corrected chi connectivity index (χ3v) is 3.11. The van der Waals surface area contributed by atoms with Gasteiger partial charge in [-0.1, -0.05) is 36.4 Å². The van der Waals surface area contributed by atoms with Gasteiger partial charge in [0.05, 0.1) is 6.54 Å². The number of benzene rings is 1. The van der Waals surface area contributed by atoms with Gasteiger partial charge < -0.3 is 0 Å². The van der Waals surface area contributed by atoms with Crippen molar-refractivity contribution in [2.75, 3.05) is 6.54 Å². The molecule has 3 heteroatoms. The van der Waals surface area contributed by atoms with Crippen molar-refractivity contribution in [2.24, 2.45) is 0 Å². The van der Waals surface area contributed by atoms with Crippen molar-refractivity contribution in [2.45, 2.75) is 5.75 Å². The maximum absolute atomic E-state index is 11.2. The minimum absolute atomic E-state index is 0.103. The highest BCUT2D eigenvalue weighted by molar-refractivity contribution is 7.96. The van der Waals surface area contributed by atoms with Crippen LogP contribution in [0.25, 0.3) is 0 Å². The fourth-order valence-corrected chi connectivity index (χ4v) is 2.14. The minimum Gasteiger partial charge on any atom is -0.279 e. The highest BCUT2D eigenvalue weighted by Gasteiger charge is 2.14. The highest BCUT2D eigenvalue weighted by Crippen LogP contribution is 2.19. The summed E-state index contributed by atoms with van der Waals surface area (Å²) in [6, 6.07) is 10.2. The Morgan fingerprint density at radius 3 is 2.71 bits per heavy atom. The molecule has 0 aromatic heterocycles. The maximum atomic E-state index is 11.2. The Hall–Kier alpha value is -1.22. The molecule has 14 heavy (non-hydrogen) atoms. The lowest BCUT2D eigenvalue weighted by atomic mass is 10.2. The van der Waals surface area contributed by atoms with Gasteiger partial charge in [-0.2, -0.15) is 0 Å². The largest absolute Gasteiger partial charge is 0.279 e. The first-order valence-corrected chi connectivity index (χ1v) is 5.45. The van der Waals surface area contributed by atoms with Crippen LogP contribution in [0.5, 0.6) is 0 Å². The summed E-state index contributed by atoms with van der Waals surface area (Å²) >= 11 is 1.57. The first-order valence-electron chi connectivity index (χ1n) is 4.51. The molecule has 0 saturated carbocycles. The van der Waals surface area contributed by atoms with Gasteiger partial charge >= 0.3 is 0 Å². The van der Waals surface area contributed by atoms with Crippen LogP contribution < -0.4 is 0 Å². The quantitative estimate of drug-likeness (QED) is 0.705. The van der Waals surface area contributed by atoms with E-state index in [9.17, 15) is 4.79 Å². The van der Waals surface area contributed by atoms with Gasteiger partial charge in [-0.05, 0) is 17.5 Å². The van der Waals surface area contributed by atoms with E-state index in [1.807, 2.05) is 24.3 Å². The molecule has 0 bridgehead atoms. The number of amides is 1. The number of hydrogen-bond donors (Lipinski definition) is 0. The van der Waals surface area contributed by atoms with Gasteiger partial charge in [0, 0.05) is 11.8 Å². The predicted octanol–water partition coefficient (Wildman–Crippen LogP) is 2.23. The first kappa shape index (κ1) is 9.34. The zero-order valence-corrected chi connectivity index (χ0v) is 8.54. The molecule has 72 valence electrons. The molecule has 0 N–H and O–H groups in total. The molecule has 0 unspecified atom stereocenters. The Kier molecular flexibility index (Phi) is 2.89. The van der Waals surface area contributed by atoms with Crippen LogP contribution in [0.1, 0.15) is 5.56 Å². The lowest BCUT2D eigenvalue weighted by molar-refractivity contribution is -0.120. The summed E-state index contributed by atoms with van der Waals surface area (Å²) in [4.78, 5) is 11.2. The summed E-state index contributed by atoms with van der Waals surface area (Å²) in [7, 11) is 0. The van der Waals surface area contributed by atoms with Crippen molar-refractivity contribution < 1.29 is 4.79 Å². The Bertz CT molecular complexity index is 348. The molecule has 0 fully saturated rings. The molecule has 1 aliphatic rings. The second-order valence-corrected chi connectivity index (χ2v) is 4.05. The number of nitrogens with zero attached hydrogens (tertiary/aromatic N) is 1. The lowest BCUT2D eigenvalue weighted by Gasteiger charge is -2.13. The SMILES string of the molecule is O=C1C=CCN1SCc1ccccc1. The predicted molar refractivity (Wildman–Crippen MR) is 58.6 cm³/mol. The first-order chi connectivity index (χ1) is 6.86. The second-order valence-electron chi connectivity index (χ2n) is 3.06. The van der Waals surface area contributed by atoms with E-state index in [-0.39, 0.29) is 5.91 Å². The second kappa shape index (κ2) is 4.33. The van der Waals surface area contributed by atoms with Crippen LogP contribution in [0.15, 0.2) is 42.5 Å². The zero-order chi connectivity index (χ0) is 9.80. The molecular formula is C11H11NOS. The van der Waals surface area contributed by atoms with Crippen molar-refractivity contribution in [3.05, 3.63) is 48.0 Å². The van der Waals surface area contributed by atoms with Crippen molar-refractivity contribution in [3.8, 4) is 0 Å². The number of rotatable bonds is 3. The van der Waals surface area contributed by atoms with E-state index in [4.69, 9.17) is 0 Å². The average Bonchev–Trinajstić information content (AvgIpc) is 2.63. The summed E-state index contributed by atoms with van der Waals surface area (Å²) in [6.07, 6.45) is 3.51. The summed E-state index contributed by atoms with van der Waals surface area (Å²) in [5, 5.41) is 0. The van der Waals surface area contributed by atoms with Crippen molar-refractivity contribution in [1.82, 2.24) is 4.31 Å². The average molecular weight is 205 g/mol. The van der Waals surface area contributed by atoms with Gasteiger partial charge in [-0.3, -0.25) is 9.10 Å². The number of hydrogen-bond acceptors (Lipinski definition) is 2. The molecule has 0 spiro atoms. The van der Waals surface area contributed by atoms with E-state index in [0.29, 0.717) is 0 Å². The molecule has 1 aromatic rings. The number of carbonyl (C=O) groups is 1. The summed E-state index contributed by atoms with van der Waals surface area (Å²) in [5.41, 5.74) is 1.25. The minimum atomic E-state index is 0.103. The normalized spacial score (nSPS) is 15.1. The molecule has 0 aliphatic carbocycles. The molecule has 0 saturated heterocycles. The molecule has 1 aromatic carbocycles. The summed E-state index contributed by atoms with van der Waals surface area (Å²) in [5.74, 6) is 0.958. The van der Waals surface area contributed by atoms with Crippen LogP contribution >= 0.6 is 11.9 Å². The zero-order valence-electron chi connectivity index (χ0n) is 7.72. The third-order valence-electron chi connectivity index (χ3n) is 2.01. The molecule has 2 nitrogen and oxygen atoms in total. The van der Waals surface area contributed by atoms with Crippen LogP contribution in [0.2, 0.25) is 0 Å². The van der Waals surface area contributed by atoms with E-state index in [1.165, 1.54) is 5.56 Å². The highest BCUT2D eigenvalue weighted by atomic mass is 32.2. The maximum Gasteiger partial charge on any atom is 0.256 e. The lowest BCUT2D eigenvalue weighted by Crippen LogP contribution is -2.16. The number of carbonyl (C=O) groups excluding carboxylic acids is 1.